The van der Waals surface area contributed by atoms with Gasteiger partial charge in [0.1, 0.15) is 0 Å². The maximum atomic E-state index is 5.33. The number of nitrogens with zero attached hydrogens (tertiary/aromatic N) is 2. The molecule has 1 N–H and O–H groups in total. The number of rotatable bonds is 6. The highest BCUT2D eigenvalue weighted by Gasteiger charge is 2.10. The number of hydrogen-bond acceptors (Lipinski definition) is 5. The summed E-state index contributed by atoms with van der Waals surface area (Å²) in [6, 6.07) is 0. The van der Waals surface area contributed by atoms with Gasteiger partial charge in [-0.05, 0) is 0 Å². The minimum Gasteiger partial charge on any atom is -0.379 e. The van der Waals surface area contributed by atoms with Gasteiger partial charge in [-0.3, -0.25) is 9.80 Å². The van der Waals surface area contributed by atoms with Crippen molar-refractivity contribution in [3.8, 4) is 0 Å². The third-order valence-electron chi connectivity index (χ3n) is 3.42. The molecule has 0 aromatic rings. The first-order chi connectivity index (χ1) is 8.45. The predicted molar refractivity (Wildman–Crippen MR) is 67.4 cm³/mol. The van der Waals surface area contributed by atoms with Gasteiger partial charge in [-0.1, -0.05) is 0 Å². The molecule has 5 heteroatoms. The molecule has 2 aliphatic heterocycles. The quantitative estimate of drug-likeness (QED) is 0.621. The first-order valence-electron chi connectivity index (χ1n) is 6.76. The normalized spacial score (nSPS) is 24.0. The van der Waals surface area contributed by atoms with Crippen LogP contribution in [0.2, 0.25) is 0 Å². The van der Waals surface area contributed by atoms with Crippen LogP contribution in [0.1, 0.15) is 0 Å². The van der Waals surface area contributed by atoms with Gasteiger partial charge in [0.15, 0.2) is 0 Å². The summed E-state index contributed by atoms with van der Waals surface area (Å²) in [4.78, 5) is 4.93. The summed E-state index contributed by atoms with van der Waals surface area (Å²) < 4.78 is 10.7. The van der Waals surface area contributed by atoms with Crippen LogP contribution in [0.4, 0.5) is 0 Å². The van der Waals surface area contributed by atoms with Crippen molar-refractivity contribution in [3.63, 3.8) is 0 Å². The number of nitrogens with one attached hydrogen (secondary N) is 1. The largest absolute Gasteiger partial charge is 0.379 e. The molecule has 0 saturated carbocycles. The van der Waals surface area contributed by atoms with Gasteiger partial charge in [-0.15, -0.1) is 0 Å². The lowest BCUT2D eigenvalue weighted by Gasteiger charge is -2.28. The molecule has 2 saturated heterocycles. The van der Waals surface area contributed by atoms with Crippen molar-refractivity contribution in [2.75, 3.05) is 78.8 Å². The van der Waals surface area contributed by atoms with E-state index in [-0.39, 0.29) is 0 Å². The molecule has 2 rings (SSSR count). The van der Waals surface area contributed by atoms with Crippen LogP contribution in [0.25, 0.3) is 0 Å². The van der Waals surface area contributed by atoms with Crippen molar-refractivity contribution in [3.05, 3.63) is 0 Å². The highest BCUT2D eigenvalue weighted by atomic mass is 16.5. The Hall–Kier alpha value is -0.200. The van der Waals surface area contributed by atoms with Crippen molar-refractivity contribution in [1.29, 1.82) is 0 Å². The van der Waals surface area contributed by atoms with E-state index < -0.39 is 0 Å². The van der Waals surface area contributed by atoms with E-state index in [1.165, 1.54) is 0 Å². The van der Waals surface area contributed by atoms with Crippen molar-refractivity contribution >= 4 is 0 Å². The van der Waals surface area contributed by atoms with Crippen LogP contribution in [0.15, 0.2) is 0 Å². The van der Waals surface area contributed by atoms with Crippen LogP contribution in [0.3, 0.4) is 0 Å². The maximum Gasteiger partial charge on any atom is 0.0594 e. The molecule has 100 valence electrons. The molecule has 5 nitrogen and oxygen atoms in total. The molecule has 0 amide bonds. The Bertz CT molecular complexity index is 172. The fourth-order valence-electron chi connectivity index (χ4n) is 2.25. The van der Waals surface area contributed by atoms with Crippen molar-refractivity contribution in [2.24, 2.45) is 0 Å². The summed E-state index contributed by atoms with van der Waals surface area (Å²) in [7, 11) is 0. The molecule has 0 aromatic carbocycles. The first-order valence-corrected chi connectivity index (χ1v) is 6.76. The third-order valence-corrected chi connectivity index (χ3v) is 3.42. The van der Waals surface area contributed by atoms with Gasteiger partial charge in [0.05, 0.1) is 26.4 Å². The Morgan fingerprint density at radius 1 is 0.706 bits per heavy atom. The molecule has 0 radical (unpaired) electrons. The predicted octanol–water partition coefficient (Wildman–Crippen LogP) is -0.760. The molecular formula is C12H25N3O2. The Balaban J connectivity index is 1.42. The monoisotopic (exact) mass is 243 g/mol. The van der Waals surface area contributed by atoms with Crippen LogP contribution in [0.5, 0.6) is 0 Å². The molecule has 0 aliphatic carbocycles. The second-order valence-corrected chi connectivity index (χ2v) is 4.66. The fraction of sp³-hybridized carbons (Fsp3) is 1.00. The zero-order chi connectivity index (χ0) is 11.8. The van der Waals surface area contributed by atoms with Gasteiger partial charge in [-0.2, -0.15) is 0 Å². The molecule has 2 heterocycles. The zero-order valence-electron chi connectivity index (χ0n) is 10.7. The van der Waals surface area contributed by atoms with Gasteiger partial charge >= 0.3 is 0 Å². The van der Waals surface area contributed by atoms with Crippen LogP contribution in [-0.2, 0) is 9.47 Å². The summed E-state index contributed by atoms with van der Waals surface area (Å²) in [5.74, 6) is 0. The summed E-state index contributed by atoms with van der Waals surface area (Å²) >= 11 is 0. The highest BCUT2D eigenvalue weighted by molar-refractivity contribution is 4.65. The number of morpholine rings is 2. The van der Waals surface area contributed by atoms with E-state index in [0.29, 0.717) is 0 Å². The summed E-state index contributed by atoms with van der Waals surface area (Å²) in [5.41, 5.74) is 0. The molecule has 0 bridgehead atoms. The van der Waals surface area contributed by atoms with E-state index in [2.05, 4.69) is 15.1 Å². The molecule has 0 unspecified atom stereocenters. The van der Waals surface area contributed by atoms with Gasteiger partial charge in [0.2, 0.25) is 0 Å². The second kappa shape index (κ2) is 8.00. The lowest BCUT2D eigenvalue weighted by Crippen LogP contribution is -2.43. The number of ether oxygens (including phenoxy) is 2. The van der Waals surface area contributed by atoms with Gasteiger partial charge in [0, 0.05) is 52.4 Å². The molecule has 0 atom stereocenters. The molecule has 0 aromatic heterocycles. The second-order valence-electron chi connectivity index (χ2n) is 4.66. The molecule has 0 spiro atoms. The third kappa shape index (κ3) is 5.31. The van der Waals surface area contributed by atoms with Gasteiger partial charge in [0.25, 0.3) is 0 Å². The van der Waals surface area contributed by atoms with E-state index in [9.17, 15) is 0 Å². The lowest BCUT2D eigenvalue weighted by molar-refractivity contribution is 0.0354. The highest BCUT2D eigenvalue weighted by Crippen LogP contribution is 1.96. The molecular weight excluding hydrogens is 218 g/mol. The van der Waals surface area contributed by atoms with Crippen molar-refractivity contribution in [2.45, 2.75) is 0 Å². The Morgan fingerprint density at radius 3 is 1.53 bits per heavy atom. The van der Waals surface area contributed by atoms with Gasteiger partial charge in [-0.25, -0.2) is 0 Å². The summed E-state index contributed by atoms with van der Waals surface area (Å²) in [6.45, 7) is 12.4. The van der Waals surface area contributed by atoms with E-state index in [0.717, 1.165) is 78.8 Å². The summed E-state index contributed by atoms with van der Waals surface area (Å²) in [5, 5.41) is 3.52. The first kappa shape index (κ1) is 13.2. The van der Waals surface area contributed by atoms with E-state index >= 15 is 0 Å². The van der Waals surface area contributed by atoms with Crippen molar-refractivity contribution < 1.29 is 9.47 Å². The minimum absolute atomic E-state index is 0.897. The number of hydrogen-bond donors (Lipinski definition) is 1. The van der Waals surface area contributed by atoms with E-state index in [1.807, 2.05) is 0 Å². The molecule has 2 fully saturated rings. The van der Waals surface area contributed by atoms with Crippen LogP contribution >= 0.6 is 0 Å². The zero-order valence-corrected chi connectivity index (χ0v) is 10.7. The van der Waals surface area contributed by atoms with Crippen LogP contribution in [-0.4, -0.2) is 88.6 Å². The van der Waals surface area contributed by atoms with E-state index in [1.54, 1.807) is 0 Å². The Labute approximate surface area is 104 Å². The SMILES string of the molecule is C(CN1CCOCC1)NCCN1CCOCC1. The summed E-state index contributed by atoms with van der Waals surface area (Å²) in [6.07, 6.45) is 0. The van der Waals surface area contributed by atoms with Crippen molar-refractivity contribution in [1.82, 2.24) is 15.1 Å². The Kier molecular flexibility index (Phi) is 6.23. The topological polar surface area (TPSA) is 37.0 Å². The molecule has 17 heavy (non-hydrogen) atoms. The fourth-order valence-corrected chi connectivity index (χ4v) is 2.25. The standard InChI is InChI=1S/C12H25N3O2/c1(3-14-5-9-16-10-6-14)13-2-4-15-7-11-17-12-8-15/h13H,1-12H2. The van der Waals surface area contributed by atoms with Gasteiger partial charge < -0.3 is 14.8 Å². The Morgan fingerprint density at radius 2 is 1.12 bits per heavy atom. The average Bonchev–Trinajstić information content (AvgIpc) is 2.41. The lowest BCUT2D eigenvalue weighted by atomic mass is 10.4. The average molecular weight is 243 g/mol. The minimum atomic E-state index is 0.897. The van der Waals surface area contributed by atoms with Crippen LogP contribution in [0, 0.1) is 0 Å². The molecule has 2 aliphatic rings. The van der Waals surface area contributed by atoms with Crippen LogP contribution < -0.4 is 5.32 Å². The van der Waals surface area contributed by atoms with E-state index in [4.69, 9.17) is 9.47 Å². The maximum absolute atomic E-state index is 5.33. The smallest absolute Gasteiger partial charge is 0.0594 e.